The second-order valence-electron chi connectivity index (χ2n) is 7.56. The zero-order valence-corrected chi connectivity index (χ0v) is 16.5. The van der Waals surface area contributed by atoms with Gasteiger partial charge in [0.15, 0.2) is 6.10 Å². The maximum atomic E-state index is 12.7. The van der Waals surface area contributed by atoms with E-state index >= 15 is 0 Å². The number of carbonyl (C=O) groups excluding carboxylic acids is 1. The number of rotatable bonds is 6. The van der Waals surface area contributed by atoms with Crippen LogP contribution < -0.4 is 10.1 Å². The van der Waals surface area contributed by atoms with Crippen LogP contribution in [0.5, 0.6) is 5.75 Å². The molecule has 3 rings (SSSR count). The van der Waals surface area contributed by atoms with Gasteiger partial charge in [-0.3, -0.25) is 4.79 Å². The van der Waals surface area contributed by atoms with Crippen molar-refractivity contribution in [2.45, 2.75) is 45.1 Å². The second kappa shape index (κ2) is 8.57. The fourth-order valence-corrected chi connectivity index (χ4v) is 3.78. The van der Waals surface area contributed by atoms with E-state index in [0.717, 1.165) is 42.9 Å². The molecule has 1 aliphatic heterocycles. The smallest absolute Gasteiger partial charge is 0.260 e. The van der Waals surface area contributed by atoms with Crippen LogP contribution in [0.15, 0.2) is 48.5 Å². The Morgan fingerprint density at radius 1 is 1.11 bits per heavy atom. The van der Waals surface area contributed by atoms with Crippen LogP contribution in [-0.4, -0.2) is 31.8 Å². The van der Waals surface area contributed by atoms with Gasteiger partial charge in [-0.05, 0) is 62.4 Å². The van der Waals surface area contributed by atoms with Crippen LogP contribution in [0.3, 0.4) is 0 Å². The van der Waals surface area contributed by atoms with Crippen LogP contribution in [0.4, 0.5) is 0 Å². The molecule has 4 heteroatoms. The Labute approximate surface area is 161 Å². The van der Waals surface area contributed by atoms with Crippen molar-refractivity contribution in [3.05, 3.63) is 65.2 Å². The van der Waals surface area contributed by atoms with Crippen molar-refractivity contribution in [2.75, 3.05) is 19.8 Å². The average molecular weight is 367 g/mol. The summed E-state index contributed by atoms with van der Waals surface area (Å²) in [6, 6.07) is 16.4. The molecule has 0 bridgehead atoms. The minimum atomic E-state index is -0.543. The molecule has 1 atom stereocenters. The summed E-state index contributed by atoms with van der Waals surface area (Å²) >= 11 is 0. The Bertz CT molecular complexity index is 746. The molecule has 1 amide bonds. The van der Waals surface area contributed by atoms with Gasteiger partial charge in [-0.25, -0.2) is 0 Å². The van der Waals surface area contributed by atoms with Gasteiger partial charge < -0.3 is 14.8 Å². The van der Waals surface area contributed by atoms with Crippen LogP contribution in [0.25, 0.3) is 0 Å². The highest BCUT2D eigenvalue weighted by atomic mass is 16.5. The van der Waals surface area contributed by atoms with E-state index in [0.29, 0.717) is 6.54 Å². The highest BCUT2D eigenvalue weighted by molar-refractivity contribution is 5.80. The molecule has 144 valence electrons. The van der Waals surface area contributed by atoms with Gasteiger partial charge in [-0.15, -0.1) is 0 Å². The van der Waals surface area contributed by atoms with Crippen molar-refractivity contribution >= 4 is 5.91 Å². The summed E-state index contributed by atoms with van der Waals surface area (Å²) in [5.41, 5.74) is 3.44. The number of ether oxygens (including phenoxy) is 2. The first kappa shape index (κ1) is 19.4. The highest BCUT2D eigenvalue weighted by Gasteiger charge is 2.35. The largest absolute Gasteiger partial charge is 0.481 e. The topological polar surface area (TPSA) is 47.6 Å². The van der Waals surface area contributed by atoms with Gasteiger partial charge in [0, 0.05) is 25.2 Å². The van der Waals surface area contributed by atoms with Gasteiger partial charge in [0.2, 0.25) is 0 Å². The van der Waals surface area contributed by atoms with Crippen LogP contribution in [0.1, 0.15) is 36.5 Å². The Morgan fingerprint density at radius 3 is 2.37 bits per heavy atom. The fourth-order valence-electron chi connectivity index (χ4n) is 3.78. The van der Waals surface area contributed by atoms with Crippen molar-refractivity contribution in [2.24, 2.45) is 0 Å². The number of hydrogen-bond donors (Lipinski definition) is 1. The third-order valence-electron chi connectivity index (χ3n) is 5.31. The number of amides is 1. The van der Waals surface area contributed by atoms with Gasteiger partial charge in [0.25, 0.3) is 5.91 Å². The summed E-state index contributed by atoms with van der Waals surface area (Å²) in [6.07, 6.45) is 1.27. The van der Waals surface area contributed by atoms with E-state index in [4.69, 9.17) is 9.47 Å². The van der Waals surface area contributed by atoms with Crippen molar-refractivity contribution in [1.29, 1.82) is 0 Å². The normalized spacial score (nSPS) is 17.1. The molecule has 0 aliphatic carbocycles. The molecule has 2 aromatic carbocycles. The van der Waals surface area contributed by atoms with Crippen LogP contribution in [-0.2, 0) is 14.9 Å². The maximum Gasteiger partial charge on any atom is 0.260 e. The summed E-state index contributed by atoms with van der Waals surface area (Å²) < 4.78 is 11.4. The molecule has 0 spiro atoms. The van der Waals surface area contributed by atoms with E-state index in [-0.39, 0.29) is 11.3 Å². The molecule has 1 heterocycles. The molecule has 1 N–H and O–H groups in total. The lowest BCUT2D eigenvalue weighted by molar-refractivity contribution is -0.127. The van der Waals surface area contributed by atoms with Gasteiger partial charge in [-0.1, -0.05) is 36.4 Å². The zero-order valence-electron chi connectivity index (χ0n) is 16.5. The lowest BCUT2D eigenvalue weighted by Gasteiger charge is -2.38. The van der Waals surface area contributed by atoms with Crippen molar-refractivity contribution < 1.29 is 14.3 Å². The van der Waals surface area contributed by atoms with E-state index in [1.54, 1.807) is 6.92 Å². The minimum absolute atomic E-state index is 0.0746. The predicted molar refractivity (Wildman–Crippen MR) is 107 cm³/mol. The molecule has 1 aliphatic rings. The van der Waals surface area contributed by atoms with Crippen molar-refractivity contribution in [3.63, 3.8) is 0 Å². The first-order chi connectivity index (χ1) is 13.0. The molecular formula is C23H29NO3. The Hall–Kier alpha value is -2.33. The number of aryl methyl sites for hydroxylation is 2. The van der Waals surface area contributed by atoms with Gasteiger partial charge in [0.05, 0.1) is 0 Å². The van der Waals surface area contributed by atoms with Gasteiger partial charge >= 0.3 is 0 Å². The standard InChI is InChI=1S/C23H29NO3/c1-17-13-18(2)15-21(14-17)27-19(3)22(25)24-16-23(9-11-26-12-10-23)20-7-5-4-6-8-20/h4-8,13-15,19H,9-12,16H2,1-3H3,(H,24,25)/t19-/m0/s1. The molecule has 27 heavy (non-hydrogen) atoms. The van der Waals surface area contributed by atoms with E-state index in [2.05, 4.69) is 35.6 Å². The number of benzene rings is 2. The zero-order chi connectivity index (χ0) is 19.3. The van der Waals surface area contributed by atoms with E-state index < -0.39 is 6.10 Å². The average Bonchev–Trinajstić information content (AvgIpc) is 2.66. The Kier molecular flexibility index (Phi) is 6.17. The van der Waals surface area contributed by atoms with Crippen LogP contribution >= 0.6 is 0 Å². The number of nitrogens with one attached hydrogen (secondary N) is 1. The minimum Gasteiger partial charge on any atom is -0.481 e. The number of carbonyl (C=O) groups is 1. The number of hydrogen-bond acceptors (Lipinski definition) is 3. The predicted octanol–water partition coefficient (Wildman–Crippen LogP) is 3.94. The Morgan fingerprint density at radius 2 is 1.74 bits per heavy atom. The quantitative estimate of drug-likeness (QED) is 0.841. The molecule has 4 nitrogen and oxygen atoms in total. The highest BCUT2D eigenvalue weighted by Crippen LogP contribution is 2.34. The summed E-state index contributed by atoms with van der Waals surface area (Å²) in [6.45, 7) is 7.89. The summed E-state index contributed by atoms with van der Waals surface area (Å²) in [7, 11) is 0. The molecule has 2 aromatic rings. The molecule has 1 saturated heterocycles. The molecule has 0 aromatic heterocycles. The summed E-state index contributed by atoms with van der Waals surface area (Å²) in [5, 5.41) is 3.12. The SMILES string of the molecule is Cc1cc(C)cc(O[C@@H](C)C(=O)NCC2(c3ccccc3)CCOCC2)c1. The first-order valence-electron chi connectivity index (χ1n) is 9.64. The van der Waals surface area contributed by atoms with E-state index in [9.17, 15) is 4.79 Å². The lowest BCUT2D eigenvalue weighted by atomic mass is 9.74. The molecule has 0 unspecified atom stereocenters. The first-order valence-corrected chi connectivity index (χ1v) is 9.64. The van der Waals surface area contributed by atoms with Crippen molar-refractivity contribution in [1.82, 2.24) is 5.32 Å². The second-order valence-corrected chi connectivity index (χ2v) is 7.56. The van der Waals surface area contributed by atoms with E-state index in [1.807, 2.05) is 32.0 Å². The summed E-state index contributed by atoms with van der Waals surface area (Å²) in [5.74, 6) is 0.648. The molecule has 1 fully saturated rings. The Balaban J connectivity index is 1.65. The van der Waals surface area contributed by atoms with Gasteiger partial charge in [-0.2, -0.15) is 0 Å². The van der Waals surface area contributed by atoms with Crippen LogP contribution in [0.2, 0.25) is 0 Å². The van der Waals surface area contributed by atoms with Crippen molar-refractivity contribution in [3.8, 4) is 5.75 Å². The van der Waals surface area contributed by atoms with Gasteiger partial charge in [0.1, 0.15) is 5.75 Å². The van der Waals surface area contributed by atoms with E-state index in [1.165, 1.54) is 5.56 Å². The summed E-state index contributed by atoms with van der Waals surface area (Å²) in [4.78, 5) is 12.7. The molecule has 0 radical (unpaired) electrons. The lowest BCUT2D eigenvalue weighted by Crippen LogP contribution is -2.47. The molecule has 0 saturated carbocycles. The maximum absolute atomic E-state index is 12.7. The fraction of sp³-hybridized carbons (Fsp3) is 0.435. The monoisotopic (exact) mass is 367 g/mol. The third-order valence-corrected chi connectivity index (χ3v) is 5.31. The molecular weight excluding hydrogens is 338 g/mol. The van der Waals surface area contributed by atoms with Crippen LogP contribution in [0, 0.1) is 13.8 Å². The third kappa shape index (κ3) is 4.89.